The van der Waals surface area contributed by atoms with Crippen LogP contribution in [-0.2, 0) is 11.3 Å². The molecule has 1 aliphatic heterocycles. The number of rotatable bonds is 6. The number of piperidine rings is 1. The number of methoxy groups -OCH3 is 1. The standard InChI is InChI=1S/C23H26N4O3/c1-16-6-8-18(9-7-16)23-25-21(26-30-23)15-27-12-10-17(11-13-27)22(28)24-19-4-3-5-20(14-19)29-2/h3-9,14,17H,10-13,15H2,1-2H3,(H,24,28). The molecule has 1 N–H and O–H groups in total. The van der Waals surface area contributed by atoms with E-state index >= 15 is 0 Å². The van der Waals surface area contributed by atoms with Crippen molar-refractivity contribution in [2.24, 2.45) is 5.92 Å². The second kappa shape index (κ2) is 9.09. The highest BCUT2D eigenvalue weighted by atomic mass is 16.5. The van der Waals surface area contributed by atoms with Crippen LogP contribution in [0.4, 0.5) is 5.69 Å². The Kier molecular flexibility index (Phi) is 6.09. The second-order valence-corrected chi connectivity index (χ2v) is 7.65. The highest BCUT2D eigenvalue weighted by Gasteiger charge is 2.26. The SMILES string of the molecule is COc1cccc(NC(=O)C2CCN(Cc3noc(-c4ccc(C)cc4)n3)CC2)c1. The predicted molar refractivity (Wildman–Crippen MR) is 114 cm³/mol. The molecule has 0 unspecified atom stereocenters. The normalized spacial score (nSPS) is 15.1. The van der Waals surface area contributed by atoms with E-state index in [0.29, 0.717) is 18.3 Å². The molecule has 4 rings (SSSR count). The number of likely N-dealkylation sites (tertiary alicyclic amines) is 1. The van der Waals surface area contributed by atoms with Crippen LogP contribution < -0.4 is 10.1 Å². The number of carbonyl (C=O) groups is 1. The summed E-state index contributed by atoms with van der Waals surface area (Å²) in [7, 11) is 1.62. The maximum absolute atomic E-state index is 12.6. The van der Waals surface area contributed by atoms with Gasteiger partial charge in [-0.1, -0.05) is 28.9 Å². The highest BCUT2D eigenvalue weighted by molar-refractivity contribution is 5.92. The van der Waals surface area contributed by atoms with Gasteiger partial charge in [0, 0.05) is 23.2 Å². The van der Waals surface area contributed by atoms with E-state index in [-0.39, 0.29) is 11.8 Å². The third-order valence-electron chi connectivity index (χ3n) is 5.43. The predicted octanol–water partition coefficient (Wildman–Crippen LogP) is 3.90. The zero-order valence-electron chi connectivity index (χ0n) is 17.3. The zero-order valence-corrected chi connectivity index (χ0v) is 17.3. The van der Waals surface area contributed by atoms with Crippen molar-refractivity contribution in [2.75, 3.05) is 25.5 Å². The molecule has 0 aliphatic carbocycles. The fraction of sp³-hybridized carbons (Fsp3) is 0.348. The van der Waals surface area contributed by atoms with Crippen LogP contribution in [0.5, 0.6) is 5.75 Å². The van der Waals surface area contributed by atoms with Gasteiger partial charge >= 0.3 is 0 Å². The minimum Gasteiger partial charge on any atom is -0.497 e. The minimum absolute atomic E-state index is 0.000776. The van der Waals surface area contributed by atoms with Crippen LogP contribution >= 0.6 is 0 Å². The lowest BCUT2D eigenvalue weighted by atomic mass is 9.96. The molecule has 0 saturated carbocycles. The number of amides is 1. The molecule has 7 heteroatoms. The van der Waals surface area contributed by atoms with Gasteiger partial charge < -0.3 is 14.6 Å². The lowest BCUT2D eigenvalue weighted by Crippen LogP contribution is -2.38. The fourth-order valence-corrected chi connectivity index (χ4v) is 3.63. The van der Waals surface area contributed by atoms with Gasteiger partial charge in [-0.05, 0) is 57.1 Å². The van der Waals surface area contributed by atoms with E-state index in [1.807, 2.05) is 55.5 Å². The molecule has 156 valence electrons. The first-order chi connectivity index (χ1) is 14.6. The number of nitrogens with one attached hydrogen (secondary N) is 1. The first kappa shape index (κ1) is 20.1. The van der Waals surface area contributed by atoms with Crippen molar-refractivity contribution in [1.82, 2.24) is 15.0 Å². The maximum atomic E-state index is 12.6. The van der Waals surface area contributed by atoms with Gasteiger partial charge in [-0.15, -0.1) is 0 Å². The summed E-state index contributed by atoms with van der Waals surface area (Å²) in [5.41, 5.74) is 2.88. The van der Waals surface area contributed by atoms with Gasteiger partial charge in [-0.25, -0.2) is 0 Å². The smallest absolute Gasteiger partial charge is 0.257 e. The fourth-order valence-electron chi connectivity index (χ4n) is 3.63. The summed E-state index contributed by atoms with van der Waals surface area (Å²) < 4.78 is 10.6. The van der Waals surface area contributed by atoms with E-state index in [4.69, 9.17) is 9.26 Å². The molecule has 0 bridgehead atoms. The molecule has 7 nitrogen and oxygen atoms in total. The topological polar surface area (TPSA) is 80.5 Å². The van der Waals surface area contributed by atoms with E-state index in [9.17, 15) is 4.79 Å². The summed E-state index contributed by atoms with van der Waals surface area (Å²) in [4.78, 5) is 19.4. The molecule has 2 heterocycles. The van der Waals surface area contributed by atoms with E-state index in [0.717, 1.165) is 42.9 Å². The number of hydrogen-bond donors (Lipinski definition) is 1. The average Bonchev–Trinajstić information content (AvgIpc) is 3.23. The number of benzene rings is 2. The van der Waals surface area contributed by atoms with Crippen molar-refractivity contribution >= 4 is 11.6 Å². The van der Waals surface area contributed by atoms with Crippen LogP contribution in [0.15, 0.2) is 53.1 Å². The molecule has 0 atom stereocenters. The molecule has 1 aromatic heterocycles. The van der Waals surface area contributed by atoms with E-state index < -0.39 is 0 Å². The van der Waals surface area contributed by atoms with Crippen molar-refractivity contribution in [3.63, 3.8) is 0 Å². The number of aromatic nitrogens is 2. The Morgan fingerprint density at radius 3 is 2.70 bits per heavy atom. The molecule has 3 aromatic rings. The van der Waals surface area contributed by atoms with Crippen LogP contribution in [0.1, 0.15) is 24.2 Å². The summed E-state index contributed by atoms with van der Waals surface area (Å²) in [6.07, 6.45) is 1.61. The molecule has 30 heavy (non-hydrogen) atoms. The van der Waals surface area contributed by atoms with Crippen molar-refractivity contribution in [1.29, 1.82) is 0 Å². The highest BCUT2D eigenvalue weighted by Crippen LogP contribution is 2.23. The molecule has 1 aliphatic rings. The number of carbonyl (C=O) groups excluding carboxylic acids is 1. The summed E-state index contributed by atoms with van der Waals surface area (Å²) in [5, 5.41) is 7.12. The first-order valence-electron chi connectivity index (χ1n) is 10.2. The maximum Gasteiger partial charge on any atom is 0.257 e. The van der Waals surface area contributed by atoms with Crippen LogP contribution in [0.3, 0.4) is 0 Å². The molecule has 0 radical (unpaired) electrons. The summed E-state index contributed by atoms with van der Waals surface area (Å²) in [6.45, 7) is 4.32. The lowest BCUT2D eigenvalue weighted by molar-refractivity contribution is -0.121. The Bertz CT molecular complexity index is 992. The summed E-state index contributed by atoms with van der Waals surface area (Å²) in [5.74, 6) is 2.00. The minimum atomic E-state index is 0.000776. The number of hydrogen-bond acceptors (Lipinski definition) is 6. The average molecular weight is 406 g/mol. The zero-order chi connectivity index (χ0) is 20.9. The number of ether oxygens (including phenoxy) is 1. The molecular formula is C23H26N4O3. The molecule has 2 aromatic carbocycles. The van der Waals surface area contributed by atoms with Crippen molar-refractivity contribution in [2.45, 2.75) is 26.3 Å². The van der Waals surface area contributed by atoms with Crippen LogP contribution in [-0.4, -0.2) is 41.1 Å². The third-order valence-corrected chi connectivity index (χ3v) is 5.43. The number of anilines is 1. The Hall–Kier alpha value is -3.19. The Labute approximate surface area is 176 Å². The Morgan fingerprint density at radius 1 is 1.20 bits per heavy atom. The Balaban J connectivity index is 1.28. The molecule has 0 spiro atoms. The monoisotopic (exact) mass is 406 g/mol. The van der Waals surface area contributed by atoms with Gasteiger partial charge in [-0.3, -0.25) is 9.69 Å². The van der Waals surface area contributed by atoms with Gasteiger partial charge in [0.05, 0.1) is 13.7 Å². The van der Waals surface area contributed by atoms with Gasteiger partial charge in [0.1, 0.15) is 5.75 Å². The second-order valence-electron chi connectivity index (χ2n) is 7.65. The van der Waals surface area contributed by atoms with Crippen LogP contribution in [0.2, 0.25) is 0 Å². The molecule has 1 saturated heterocycles. The summed E-state index contributed by atoms with van der Waals surface area (Å²) in [6, 6.07) is 15.5. The van der Waals surface area contributed by atoms with Crippen molar-refractivity contribution in [3.8, 4) is 17.2 Å². The lowest BCUT2D eigenvalue weighted by Gasteiger charge is -2.30. The van der Waals surface area contributed by atoms with Crippen LogP contribution in [0.25, 0.3) is 11.5 Å². The number of nitrogens with zero attached hydrogens (tertiary/aromatic N) is 3. The van der Waals surface area contributed by atoms with Crippen molar-refractivity contribution in [3.05, 3.63) is 59.9 Å². The number of aryl methyl sites for hydroxylation is 1. The third kappa shape index (κ3) is 4.86. The van der Waals surface area contributed by atoms with Gasteiger partial charge in [0.25, 0.3) is 5.89 Å². The Morgan fingerprint density at radius 2 is 1.97 bits per heavy atom. The van der Waals surface area contributed by atoms with E-state index in [1.54, 1.807) is 7.11 Å². The summed E-state index contributed by atoms with van der Waals surface area (Å²) >= 11 is 0. The largest absolute Gasteiger partial charge is 0.497 e. The molecule has 1 amide bonds. The van der Waals surface area contributed by atoms with E-state index in [1.165, 1.54) is 5.56 Å². The van der Waals surface area contributed by atoms with Gasteiger partial charge in [-0.2, -0.15) is 4.98 Å². The van der Waals surface area contributed by atoms with Gasteiger partial charge in [0.15, 0.2) is 5.82 Å². The molecule has 1 fully saturated rings. The quantitative estimate of drug-likeness (QED) is 0.669. The first-order valence-corrected chi connectivity index (χ1v) is 10.2. The van der Waals surface area contributed by atoms with E-state index in [2.05, 4.69) is 20.4 Å². The van der Waals surface area contributed by atoms with Gasteiger partial charge in [0.2, 0.25) is 5.91 Å². The van der Waals surface area contributed by atoms with Crippen LogP contribution in [0, 0.1) is 12.8 Å². The van der Waals surface area contributed by atoms with Crippen molar-refractivity contribution < 1.29 is 14.1 Å². The molecular weight excluding hydrogens is 380 g/mol.